The van der Waals surface area contributed by atoms with Crippen molar-refractivity contribution in [3.8, 4) is 5.75 Å². The Morgan fingerprint density at radius 3 is 2.63 bits per heavy atom. The van der Waals surface area contributed by atoms with Gasteiger partial charge in [-0.15, -0.1) is 0 Å². The molecule has 2 rings (SSSR count). The first kappa shape index (κ1) is 13.8. The lowest BCUT2D eigenvalue weighted by Crippen LogP contribution is -2.12. The van der Waals surface area contributed by atoms with Crippen LogP contribution in [-0.4, -0.2) is 11.0 Å². The highest BCUT2D eigenvalue weighted by molar-refractivity contribution is 9.10. The molecule has 0 saturated heterocycles. The summed E-state index contributed by atoms with van der Waals surface area (Å²) in [5.41, 5.74) is 0.242. The molecule has 6 heteroatoms. The molecular weight excluding hydrogens is 337 g/mol. The summed E-state index contributed by atoms with van der Waals surface area (Å²) >= 11 is 8.73. The van der Waals surface area contributed by atoms with Gasteiger partial charge in [0, 0.05) is 10.6 Å². The Morgan fingerprint density at radius 1 is 1.26 bits per heavy atom. The van der Waals surface area contributed by atoms with E-state index in [2.05, 4.69) is 21.2 Å². The van der Waals surface area contributed by atoms with Crippen molar-refractivity contribution in [1.29, 1.82) is 0 Å². The number of carbonyl (C=O) groups is 1. The van der Waals surface area contributed by atoms with E-state index in [1.807, 2.05) is 0 Å². The van der Waals surface area contributed by atoms with Gasteiger partial charge in [-0.1, -0.05) is 11.6 Å². The molecule has 0 spiro atoms. The minimum Gasteiger partial charge on any atom is -0.507 e. The maximum absolute atomic E-state index is 13.5. The van der Waals surface area contributed by atoms with Gasteiger partial charge in [-0.3, -0.25) is 4.79 Å². The summed E-state index contributed by atoms with van der Waals surface area (Å²) in [5, 5.41) is 12.1. The fourth-order valence-corrected chi connectivity index (χ4v) is 1.84. The average Bonchev–Trinajstić information content (AvgIpc) is 2.36. The highest BCUT2D eigenvalue weighted by Crippen LogP contribution is 2.25. The number of aromatic hydroxyl groups is 1. The van der Waals surface area contributed by atoms with Crippen molar-refractivity contribution in [3.63, 3.8) is 0 Å². The van der Waals surface area contributed by atoms with Crippen LogP contribution in [0.1, 0.15) is 10.4 Å². The molecule has 0 aliphatic carbocycles. The summed E-state index contributed by atoms with van der Waals surface area (Å²) < 4.78 is 14.0. The van der Waals surface area contributed by atoms with Gasteiger partial charge in [0.25, 0.3) is 5.91 Å². The van der Waals surface area contributed by atoms with Crippen LogP contribution in [0.2, 0.25) is 5.02 Å². The molecule has 2 aromatic carbocycles. The van der Waals surface area contributed by atoms with E-state index in [1.165, 1.54) is 30.3 Å². The van der Waals surface area contributed by atoms with E-state index < -0.39 is 11.7 Å². The molecule has 3 nitrogen and oxygen atoms in total. The van der Waals surface area contributed by atoms with Crippen molar-refractivity contribution in [2.24, 2.45) is 0 Å². The van der Waals surface area contributed by atoms with E-state index in [1.54, 1.807) is 0 Å². The maximum atomic E-state index is 13.5. The molecular formula is C13H8BrClFNO2. The predicted octanol–water partition coefficient (Wildman–Crippen LogP) is 4.20. The summed E-state index contributed by atoms with van der Waals surface area (Å²) in [6.45, 7) is 0. The van der Waals surface area contributed by atoms with Gasteiger partial charge in [-0.25, -0.2) is 4.39 Å². The number of rotatable bonds is 2. The number of hydrogen-bond donors (Lipinski definition) is 2. The standard InChI is InChI=1S/C13H8BrClFNO2/c14-9-3-1-7(5-12(9)18)13(19)17-11-4-2-8(15)6-10(11)16/h1-6,18H,(H,17,19). The minimum absolute atomic E-state index is 0.0248. The van der Waals surface area contributed by atoms with Gasteiger partial charge in [-0.05, 0) is 52.3 Å². The van der Waals surface area contributed by atoms with Crippen LogP contribution in [0.5, 0.6) is 5.75 Å². The van der Waals surface area contributed by atoms with Gasteiger partial charge >= 0.3 is 0 Å². The lowest BCUT2D eigenvalue weighted by atomic mass is 10.2. The van der Waals surface area contributed by atoms with Gasteiger partial charge < -0.3 is 10.4 Å². The molecule has 0 radical (unpaired) electrons. The van der Waals surface area contributed by atoms with Crippen LogP contribution in [0, 0.1) is 5.82 Å². The smallest absolute Gasteiger partial charge is 0.255 e. The molecule has 0 aromatic heterocycles. The summed E-state index contributed by atoms with van der Waals surface area (Å²) in [6, 6.07) is 8.27. The first-order valence-electron chi connectivity index (χ1n) is 5.22. The quantitative estimate of drug-likeness (QED) is 0.858. The Hall–Kier alpha value is -1.59. The van der Waals surface area contributed by atoms with E-state index in [4.69, 9.17) is 11.6 Å². The Kier molecular flexibility index (Phi) is 4.07. The number of anilines is 1. The summed E-state index contributed by atoms with van der Waals surface area (Å²) in [4.78, 5) is 11.9. The fraction of sp³-hybridized carbons (Fsp3) is 0. The zero-order valence-electron chi connectivity index (χ0n) is 9.45. The van der Waals surface area contributed by atoms with E-state index >= 15 is 0 Å². The van der Waals surface area contributed by atoms with Gasteiger partial charge in [0.1, 0.15) is 11.6 Å². The van der Waals surface area contributed by atoms with Crippen molar-refractivity contribution >= 4 is 39.1 Å². The summed E-state index contributed by atoms with van der Waals surface area (Å²) in [5.74, 6) is -1.21. The van der Waals surface area contributed by atoms with Gasteiger partial charge in [0.05, 0.1) is 10.2 Å². The zero-order chi connectivity index (χ0) is 14.0. The molecule has 0 saturated carbocycles. The number of benzene rings is 2. The van der Waals surface area contributed by atoms with Crippen molar-refractivity contribution < 1.29 is 14.3 Å². The molecule has 0 aliphatic rings. The van der Waals surface area contributed by atoms with Gasteiger partial charge in [-0.2, -0.15) is 0 Å². The second kappa shape index (κ2) is 5.59. The highest BCUT2D eigenvalue weighted by Gasteiger charge is 2.11. The average molecular weight is 345 g/mol. The van der Waals surface area contributed by atoms with Crippen molar-refractivity contribution in [2.75, 3.05) is 5.32 Å². The fourth-order valence-electron chi connectivity index (χ4n) is 1.44. The lowest BCUT2D eigenvalue weighted by Gasteiger charge is -2.07. The number of amides is 1. The van der Waals surface area contributed by atoms with Crippen LogP contribution in [0.4, 0.5) is 10.1 Å². The molecule has 2 N–H and O–H groups in total. The Bertz CT molecular complexity index is 649. The molecule has 0 fully saturated rings. The second-order valence-electron chi connectivity index (χ2n) is 3.74. The number of hydrogen-bond acceptors (Lipinski definition) is 2. The minimum atomic E-state index is -0.623. The molecule has 0 atom stereocenters. The molecule has 98 valence electrons. The molecule has 19 heavy (non-hydrogen) atoms. The van der Waals surface area contributed by atoms with Gasteiger partial charge in [0.2, 0.25) is 0 Å². The van der Waals surface area contributed by atoms with Crippen LogP contribution in [-0.2, 0) is 0 Å². The summed E-state index contributed by atoms with van der Waals surface area (Å²) in [7, 11) is 0. The van der Waals surface area contributed by atoms with Crippen LogP contribution >= 0.6 is 27.5 Å². The summed E-state index contributed by atoms with van der Waals surface area (Å²) in [6.07, 6.45) is 0. The lowest BCUT2D eigenvalue weighted by molar-refractivity contribution is 0.102. The number of phenolic OH excluding ortho intramolecular Hbond substituents is 1. The predicted molar refractivity (Wildman–Crippen MR) is 75.2 cm³/mol. The monoisotopic (exact) mass is 343 g/mol. The molecule has 2 aromatic rings. The maximum Gasteiger partial charge on any atom is 0.255 e. The Balaban J connectivity index is 2.23. The van der Waals surface area contributed by atoms with Crippen LogP contribution in [0.25, 0.3) is 0 Å². The third kappa shape index (κ3) is 3.24. The highest BCUT2D eigenvalue weighted by atomic mass is 79.9. The SMILES string of the molecule is O=C(Nc1ccc(Cl)cc1F)c1ccc(Br)c(O)c1. The first-order valence-corrected chi connectivity index (χ1v) is 6.39. The number of carbonyl (C=O) groups excluding carboxylic acids is 1. The third-order valence-electron chi connectivity index (χ3n) is 2.39. The molecule has 0 unspecified atom stereocenters. The number of halogens is 3. The second-order valence-corrected chi connectivity index (χ2v) is 5.04. The molecule has 0 aliphatic heterocycles. The molecule has 0 bridgehead atoms. The number of nitrogens with one attached hydrogen (secondary N) is 1. The van der Waals surface area contributed by atoms with Crippen LogP contribution < -0.4 is 5.32 Å². The van der Waals surface area contributed by atoms with E-state index in [9.17, 15) is 14.3 Å². The topological polar surface area (TPSA) is 49.3 Å². The first-order chi connectivity index (χ1) is 8.97. The van der Waals surface area contributed by atoms with Gasteiger partial charge in [0.15, 0.2) is 0 Å². The van der Waals surface area contributed by atoms with Crippen molar-refractivity contribution in [1.82, 2.24) is 0 Å². The zero-order valence-corrected chi connectivity index (χ0v) is 11.8. The third-order valence-corrected chi connectivity index (χ3v) is 3.29. The molecule has 0 heterocycles. The van der Waals surface area contributed by atoms with Crippen molar-refractivity contribution in [2.45, 2.75) is 0 Å². The van der Waals surface area contributed by atoms with Crippen molar-refractivity contribution in [3.05, 3.63) is 57.3 Å². The van der Waals surface area contributed by atoms with E-state index in [0.717, 1.165) is 6.07 Å². The Morgan fingerprint density at radius 2 is 2.00 bits per heavy atom. The normalized spacial score (nSPS) is 10.3. The largest absolute Gasteiger partial charge is 0.507 e. The van der Waals surface area contributed by atoms with E-state index in [-0.39, 0.29) is 22.0 Å². The van der Waals surface area contributed by atoms with Crippen LogP contribution in [0.15, 0.2) is 40.9 Å². The number of phenols is 1. The van der Waals surface area contributed by atoms with E-state index in [0.29, 0.717) is 4.47 Å². The molecule has 1 amide bonds. The Labute approximate surface area is 122 Å². The van der Waals surface area contributed by atoms with Crippen LogP contribution in [0.3, 0.4) is 0 Å².